The van der Waals surface area contributed by atoms with Gasteiger partial charge in [0, 0.05) is 32.5 Å². The Balaban J connectivity index is 1.50. The lowest BCUT2D eigenvalue weighted by molar-refractivity contribution is -0.126. The molecule has 1 saturated heterocycles. The van der Waals surface area contributed by atoms with Gasteiger partial charge in [-0.3, -0.25) is 9.59 Å². The van der Waals surface area contributed by atoms with Gasteiger partial charge in [0.05, 0.1) is 11.5 Å². The lowest BCUT2D eigenvalue weighted by Crippen LogP contribution is -2.46. The number of hydrogen-bond donors (Lipinski definition) is 1. The van der Waals surface area contributed by atoms with Crippen LogP contribution in [0.1, 0.15) is 40.6 Å². The van der Waals surface area contributed by atoms with E-state index >= 15 is 0 Å². The first kappa shape index (κ1) is 23.4. The minimum absolute atomic E-state index is 0.0547. The number of aryl methyl sites for hydroxylation is 1. The molecule has 34 heavy (non-hydrogen) atoms. The number of likely N-dealkylation sites (tertiary alicyclic amines) is 1. The van der Waals surface area contributed by atoms with Gasteiger partial charge in [-0.05, 0) is 30.5 Å². The fourth-order valence-corrected chi connectivity index (χ4v) is 4.25. The fraction of sp³-hybridized carbons (Fsp3) is 0.320. The topological polar surface area (TPSA) is 76.5 Å². The zero-order chi connectivity index (χ0) is 24.1. The van der Waals surface area contributed by atoms with E-state index in [-0.39, 0.29) is 23.8 Å². The number of imidazole rings is 1. The fourth-order valence-electron chi connectivity index (χ4n) is 4.25. The lowest BCUT2D eigenvalue weighted by Gasteiger charge is -2.33. The number of benzene rings is 2. The van der Waals surface area contributed by atoms with Gasteiger partial charge >= 0.3 is 6.61 Å². The van der Waals surface area contributed by atoms with Crippen molar-refractivity contribution in [2.45, 2.75) is 25.5 Å². The van der Waals surface area contributed by atoms with E-state index in [0.29, 0.717) is 25.2 Å². The maximum absolute atomic E-state index is 13.3. The van der Waals surface area contributed by atoms with Crippen LogP contribution in [-0.4, -0.2) is 46.0 Å². The number of para-hydroxylation sites is 1. The summed E-state index contributed by atoms with van der Waals surface area (Å²) >= 11 is 0. The SMILES string of the molecule is Cn1ccnc1C(NC(=O)C1CCCN(C(=O)c2ccccc2OC(F)F)C1)c1ccccc1. The first-order valence-corrected chi connectivity index (χ1v) is 11.1. The normalized spacial score (nSPS) is 16.8. The molecule has 2 unspecified atom stereocenters. The Bertz CT molecular complexity index is 1140. The van der Waals surface area contributed by atoms with E-state index in [1.807, 2.05) is 48.1 Å². The molecule has 1 fully saturated rings. The highest BCUT2D eigenvalue weighted by atomic mass is 19.3. The zero-order valence-corrected chi connectivity index (χ0v) is 18.7. The highest BCUT2D eigenvalue weighted by molar-refractivity contribution is 5.97. The number of amides is 2. The van der Waals surface area contributed by atoms with E-state index in [2.05, 4.69) is 15.0 Å². The second-order valence-corrected chi connectivity index (χ2v) is 8.21. The Morgan fingerprint density at radius 3 is 2.56 bits per heavy atom. The summed E-state index contributed by atoms with van der Waals surface area (Å²) in [4.78, 5) is 32.3. The first-order valence-electron chi connectivity index (χ1n) is 11.1. The summed E-state index contributed by atoms with van der Waals surface area (Å²) in [5.74, 6) is -0.536. The molecule has 0 radical (unpaired) electrons. The molecule has 9 heteroatoms. The minimum atomic E-state index is -3.03. The number of aromatic nitrogens is 2. The minimum Gasteiger partial charge on any atom is -0.434 e. The van der Waals surface area contributed by atoms with E-state index in [1.54, 1.807) is 12.3 Å². The maximum Gasteiger partial charge on any atom is 0.387 e. The highest BCUT2D eigenvalue weighted by Gasteiger charge is 2.32. The van der Waals surface area contributed by atoms with Gasteiger partial charge in [-0.25, -0.2) is 4.98 Å². The number of halogens is 2. The number of rotatable bonds is 7. The van der Waals surface area contributed by atoms with Gasteiger partial charge < -0.3 is 19.5 Å². The van der Waals surface area contributed by atoms with E-state index < -0.39 is 24.5 Å². The van der Waals surface area contributed by atoms with Gasteiger partial charge in [0.15, 0.2) is 0 Å². The summed E-state index contributed by atoms with van der Waals surface area (Å²) < 4.78 is 31.9. The average Bonchev–Trinajstić information content (AvgIpc) is 3.28. The second-order valence-electron chi connectivity index (χ2n) is 8.21. The number of carbonyl (C=O) groups is 2. The molecule has 1 aromatic heterocycles. The number of ether oxygens (including phenoxy) is 1. The molecule has 0 saturated carbocycles. The summed E-state index contributed by atoms with van der Waals surface area (Å²) in [5.41, 5.74) is 0.950. The molecule has 3 aromatic rings. The first-order chi connectivity index (χ1) is 16.4. The van der Waals surface area contributed by atoms with Crippen LogP contribution in [0.4, 0.5) is 8.78 Å². The van der Waals surface area contributed by atoms with Gasteiger partial charge in [-0.2, -0.15) is 8.78 Å². The summed E-state index contributed by atoms with van der Waals surface area (Å²) in [7, 11) is 1.87. The third-order valence-corrected chi connectivity index (χ3v) is 5.95. The van der Waals surface area contributed by atoms with Crippen LogP contribution in [0.15, 0.2) is 67.0 Å². The lowest BCUT2D eigenvalue weighted by atomic mass is 9.95. The van der Waals surface area contributed by atoms with Crippen LogP contribution < -0.4 is 10.1 Å². The molecule has 2 aromatic carbocycles. The summed E-state index contributed by atoms with van der Waals surface area (Å²) in [6.07, 6.45) is 4.74. The molecule has 4 rings (SSSR count). The van der Waals surface area contributed by atoms with Crippen molar-refractivity contribution in [1.29, 1.82) is 0 Å². The third kappa shape index (κ3) is 5.24. The van der Waals surface area contributed by atoms with E-state index in [9.17, 15) is 18.4 Å². The van der Waals surface area contributed by atoms with Crippen molar-refractivity contribution in [2.75, 3.05) is 13.1 Å². The molecule has 2 amide bonds. The van der Waals surface area contributed by atoms with Crippen LogP contribution in [0.2, 0.25) is 0 Å². The molecule has 1 N–H and O–H groups in total. The van der Waals surface area contributed by atoms with Crippen molar-refractivity contribution >= 4 is 11.8 Å². The number of hydrogen-bond acceptors (Lipinski definition) is 4. The van der Waals surface area contributed by atoms with Crippen LogP contribution in [0.5, 0.6) is 5.75 Å². The van der Waals surface area contributed by atoms with Crippen LogP contribution in [0.3, 0.4) is 0 Å². The Morgan fingerprint density at radius 2 is 1.85 bits per heavy atom. The molecule has 1 aliphatic heterocycles. The van der Waals surface area contributed by atoms with Crippen LogP contribution >= 0.6 is 0 Å². The molecule has 178 valence electrons. The van der Waals surface area contributed by atoms with Crippen molar-refractivity contribution in [3.8, 4) is 5.75 Å². The Labute approximate surface area is 196 Å². The van der Waals surface area contributed by atoms with Gasteiger partial charge in [0.1, 0.15) is 17.6 Å². The summed E-state index contributed by atoms with van der Waals surface area (Å²) in [6, 6.07) is 15.0. The van der Waals surface area contributed by atoms with E-state index in [4.69, 9.17) is 0 Å². The van der Waals surface area contributed by atoms with Crippen LogP contribution in [0.25, 0.3) is 0 Å². The number of nitrogens with zero attached hydrogens (tertiary/aromatic N) is 3. The molecular formula is C25H26F2N4O3. The summed E-state index contributed by atoms with van der Waals surface area (Å²) in [6.45, 7) is -2.40. The molecule has 0 aliphatic carbocycles. The molecular weight excluding hydrogens is 442 g/mol. The molecule has 0 spiro atoms. The van der Waals surface area contributed by atoms with Crippen LogP contribution in [0, 0.1) is 5.92 Å². The van der Waals surface area contributed by atoms with E-state index in [1.165, 1.54) is 23.1 Å². The molecule has 1 aliphatic rings. The number of carbonyl (C=O) groups excluding carboxylic acids is 2. The van der Waals surface area contributed by atoms with Crippen molar-refractivity contribution in [1.82, 2.24) is 19.8 Å². The quantitative estimate of drug-likeness (QED) is 0.573. The van der Waals surface area contributed by atoms with Gasteiger partial charge in [0.25, 0.3) is 5.91 Å². The standard InChI is InChI=1S/C25H26F2N4O3/c1-30-15-13-28-22(30)21(17-8-3-2-4-9-17)29-23(32)18-10-7-14-31(16-18)24(33)19-11-5-6-12-20(19)34-25(26)27/h2-6,8-9,11-13,15,18,21,25H,7,10,14,16H2,1H3,(H,29,32). The number of nitrogens with one attached hydrogen (secondary N) is 1. The van der Waals surface area contributed by atoms with Crippen molar-refractivity contribution in [2.24, 2.45) is 13.0 Å². The Hall–Kier alpha value is -3.75. The van der Waals surface area contributed by atoms with Crippen molar-refractivity contribution < 1.29 is 23.1 Å². The second kappa shape index (κ2) is 10.5. The van der Waals surface area contributed by atoms with E-state index in [0.717, 1.165) is 5.56 Å². The number of alkyl halides is 2. The third-order valence-electron chi connectivity index (χ3n) is 5.95. The van der Waals surface area contributed by atoms with Gasteiger partial charge in [-0.1, -0.05) is 42.5 Å². The van der Waals surface area contributed by atoms with Gasteiger partial charge in [-0.15, -0.1) is 0 Å². The average molecular weight is 469 g/mol. The monoisotopic (exact) mass is 468 g/mol. The Kier molecular flexibility index (Phi) is 7.20. The molecule has 0 bridgehead atoms. The molecule has 2 atom stereocenters. The predicted molar refractivity (Wildman–Crippen MR) is 121 cm³/mol. The molecule has 7 nitrogen and oxygen atoms in total. The Morgan fingerprint density at radius 1 is 1.12 bits per heavy atom. The molecule has 2 heterocycles. The highest BCUT2D eigenvalue weighted by Crippen LogP contribution is 2.26. The van der Waals surface area contributed by atoms with Crippen LogP contribution in [-0.2, 0) is 11.8 Å². The van der Waals surface area contributed by atoms with Crippen molar-refractivity contribution in [3.63, 3.8) is 0 Å². The maximum atomic E-state index is 13.3. The number of piperidine rings is 1. The zero-order valence-electron chi connectivity index (χ0n) is 18.7. The van der Waals surface area contributed by atoms with Gasteiger partial charge in [0.2, 0.25) is 5.91 Å². The smallest absolute Gasteiger partial charge is 0.387 e. The van der Waals surface area contributed by atoms with Crippen molar-refractivity contribution in [3.05, 3.63) is 83.9 Å². The summed E-state index contributed by atoms with van der Waals surface area (Å²) in [5, 5.41) is 3.10. The predicted octanol–water partition coefficient (Wildman–Crippen LogP) is 3.78. The largest absolute Gasteiger partial charge is 0.434 e.